The molecule has 0 spiro atoms. The van der Waals surface area contributed by atoms with Crippen molar-refractivity contribution in [1.29, 1.82) is 0 Å². The van der Waals surface area contributed by atoms with E-state index in [0.29, 0.717) is 5.69 Å². The van der Waals surface area contributed by atoms with Gasteiger partial charge >= 0.3 is 6.18 Å². The van der Waals surface area contributed by atoms with Crippen molar-refractivity contribution >= 4 is 5.82 Å². The molecule has 0 amide bonds. The Morgan fingerprint density at radius 3 is 2.38 bits per heavy atom. The molecule has 0 bridgehead atoms. The summed E-state index contributed by atoms with van der Waals surface area (Å²) >= 11 is 0. The summed E-state index contributed by atoms with van der Waals surface area (Å²) in [7, 11) is 1.41. The van der Waals surface area contributed by atoms with E-state index in [2.05, 4.69) is 10.3 Å². The number of aryl methyl sites for hydroxylation is 1. The molecule has 13 heavy (non-hydrogen) atoms. The van der Waals surface area contributed by atoms with Crippen LogP contribution < -0.4 is 5.32 Å². The molecule has 0 aliphatic rings. The first-order valence-electron chi connectivity index (χ1n) is 3.67. The van der Waals surface area contributed by atoms with Crippen LogP contribution in [0.5, 0.6) is 0 Å². The van der Waals surface area contributed by atoms with Crippen LogP contribution in [0.2, 0.25) is 0 Å². The Bertz CT molecular complexity index is 307. The lowest BCUT2D eigenvalue weighted by Gasteiger charge is -2.11. The van der Waals surface area contributed by atoms with Crippen LogP contribution in [0.15, 0.2) is 12.1 Å². The van der Waals surface area contributed by atoms with E-state index >= 15 is 0 Å². The lowest BCUT2D eigenvalue weighted by Crippen LogP contribution is -2.10. The molecular formula is C8H9F3N2. The third-order valence-corrected chi connectivity index (χ3v) is 1.58. The van der Waals surface area contributed by atoms with Gasteiger partial charge in [0.25, 0.3) is 0 Å². The molecule has 0 unspecified atom stereocenters. The fourth-order valence-corrected chi connectivity index (χ4v) is 0.976. The van der Waals surface area contributed by atoms with Crippen molar-refractivity contribution in [3.63, 3.8) is 0 Å². The zero-order valence-electron chi connectivity index (χ0n) is 7.24. The molecule has 1 N–H and O–H groups in total. The summed E-state index contributed by atoms with van der Waals surface area (Å²) in [4.78, 5) is 3.73. The number of hydrogen-bond acceptors (Lipinski definition) is 2. The van der Waals surface area contributed by atoms with Crippen LogP contribution in [-0.4, -0.2) is 12.0 Å². The fourth-order valence-electron chi connectivity index (χ4n) is 0.976. The molecule has 1 aromatic heterocycles. The van der Waals surface area contributed by atoms with Crippen molar-refractivity contribution in [3.05, 3.63) is 23.4 Å². The summed E-state index contributed by atoms with van der Waals surface area (Å²) in [6.07, 6.45) is -4.35. The summed E-state index contributed by atoms with van der Waals surface area (Å²) in [6.45, 7) is 1.64. The highest BCUT2D eigenvalue weighted by Crippen LogP contribution is 2.33. The van der Waals surface area contributed by atoms with Gasteiger partial charge in [0.1, 0.15) is 5.82 Å². The molecule has 0 fully saturated rings. The van der Waals surface area contributed by atoms with Crippen LogP contribution in [0.1, 0.15) is 11.3 Å². The van der Waals surface area contributed by atoms with Gasteiger partial charge in [-0.25, -0.2) is 4.98 Å². The number of nitrogens with zero attached hydrogens (tertiary/aromatic N) is 1. The first kappa shape index (κ1) is 9.83. The lowest BCUT2D eigenvalue weighted by atomic mass is 10.2. The van der Waals surface area contributed by atoms with Gasteiger partial charge in [0, 0.05) is 12.7 Å². The second-order valence-corrected chi connectivity index (χ2v) is 2.60. The Labute approximate surface area is 73.8 Å². The number of pyridine rings is 1. The van der Waals surface area contributed by atoms with Gasteiger partial charge in [-0.3, -0.25) is 0 Å². The Balaban J connectivity index is 3.22. The van der Waals surface area contributed by atoms with Gasteiger partial charge in [0.15, 0.2) is 0 Å². The van der Waals surface area contributed by atoms with Crippen molar-refractivity contribution in [2.45, 2.75) is 13.1 Å². The van der Waals surface area contributed by atoms with Crippen molar-refractivity contribution in [2.75, 3.05) is 12.4 Å². The van der Waals surface area contributed by atoms with Crippen molar-refractivity contribution < 1.29 is 13.2 Å². The van der Waals surface area contributed by atoms with Gasteiger partial charge in [-0.2, -0.15) is 13.2 Å². The van der Waals surface area contributed by atoms with Crippen LogP contribution >= 0.6 is 0 Å². The normalized spacial score (nSPS) is 11.5. The van der Waals surface area contributed by atoms with E-state index in [1.807, 2.05) is 0 Å². The van der Waals surface area contributed by atoms with Gasteiger partial charge in [0.2, 0.25) is 0 Å². The molecule has 0 aliphatic heterocycles. The highest BCUT2D eigenvalue weighted by Gasteiger charge is 2.33. The summed E-state index contributed by atoms with van der Waals surface area (Å²) < 4.78 is 36.9. The molecule has 0 aliphatic carbocycles. The number of halogens is 3. The van der Waals surface area contributed by atoms with Crippen molar-refractivity contribution in [1.82, 2.24) is 4.98 Å². The minimum Gasteiger partial charge on any atom is -0.373 e. The second-order valence-electron chi connectivity index (χ2n) is 2.60. The first-order chi connectivity index (χ1) is 5.95. The highest BCUT2D eigenvalue weighted by molar-refractivity contribution is 5.46. The molecule has 1 heterocycles. The van der Waals surface area contributed by atoms with Gasteiger partial charge in [-0.1, -0.05) is 0 Å². The topological polar surface area (TPSA) is 24.9 Å². The zero-order valence-corrected chi connectivity index (χ0v) is 7.24. The summed E-state index contributed by atoms with van der Waals surface area (Å²) in [6, 6.07) is 2.36. The molecule has 1 aromatic rings. The smallest absolute Gasteiger partial charge is 0.373 e. The number of nitrogens with one attached hydrogen (secondary N) is 1. The predicted octanol–water partition coefficient (Wildman–Crippen LogP) is 2.45. The predicted molar refractivity (Wildman–Crippen MR) is 43.5 cm³/mol. The quantitative estimate of drug-likeness (QED) is 0.735. The molecule has 1 rings (SSSR count). The van der Waals surface area contributed by atoms with Crippen molar-refractivity contribution in [3.8, 4) is 0 Å². The molecule has 0 aromatic carbocycles. The zero-order chi connectivity index (χ0) is 10.1. The Morgan fingerprint density at radius 1 is 1.31 bits per heavy atom. The fraction of sp³-hybridized carbons (Fsp3) is 0.375. The largest absolute Gasteiger partial charge is 0.419 e. The van der Waals surface area contributed by atoms with E-state index < -0.39 is 11.7 Å². The number of alkyl halides is 3. The molecule has 0 atom stereocenters. The lowest BCUT2D eigenvalue weighted by molar-refractivity contribution is -0.137. The van der Waals surface area contributed by atoms with Crippen LogP contribution in [0, 0.1) is 6.92 Å². The number of hydrogen-bond donors (Lipinski definition) is 1. The van der Waals surface area contributed by atoms with Crippen LogP contribution in [0.4, 0.5) is 19.0 Å². The van der Waals surface area contributed by atoms with E-state index in [9.17, 15) is 13.2 Å². The van der Waals surface area contributed by atoms with Gasteiger partial charge in [0.05, 0.1) is 5.56 Å². The highest BCUT2D eigenvalue weighted by atomic mass is 19.4. The molecule has 5 heteroatoms. The summed E-state index contributed by atoms with van der Waals surface area (Å²) in [5.74, 6) is -0.132. The van der Waals surface area contributed by atoms with Crippen molar-refractivity contribution in [2.24, 2.45) is 0 Å². The minimum atomic E-state index is -4.35. The Hall–Kier alpha value is -1.26. The third kappa shape index (κ3) is 2.11. The van der Waals surface area contributed by atoms with Crippen LogP contribution in [0.3, 0.4) is 0 Å². The number of aromatic nitrogens is 1. The van der Waals surface area contributed by atoms with Gasteiger partial charge in [-0.05, 0) is 19.1 Å². The summed E-state index contributed by atoms with van der Waals surface area (Å²) in [5, 5.41) is 2.41. The molecule has 2 nitrogen and oxygen atoms in total. The maximum absolute atomic E-state index is 12.3. The second kappa shape index (κ2) is 3.24. The molecule has 0 radical (unpaired) electrons. The van der Waals surface area contributed by atoms with Crippen LogP contribution in [0.25, 0.3) is 0 Å². The summed E-state index contributed by atoms with van der Waals surface area (Å²) in [5.41, 5.74) is -0.182. The van der Waals surface area contributed by atoms with E-state index in [4.69, 9.17) is 0 Å². The average Bonchev–Trinajstić information content (AvgIpc) is 2.01. The standard InChI is InChI=1S/C8H9F3N2/c1-5-3-4-6(8(9,10)11)7(12-2)13-5/h3-4H,1-2H3,(H,12,13). The first-order valence-corrected chi connectivity index (χ1v) is 3.67. The van der Waals surface area contributed by atoms with E-state index in [0.717, 1.165) is 6.07 Å². The Morgan fingerprint density at radius 2 is 1.92 bits per heavy atom. The molecular weight excluding hydrogens is 181 g/mol. The van der Waals surface area contributed by atoms with E-state index in [-0.39, 0.29) is 5.82 Å². The maximum atomic E-state index is 12.3. The average molecular weight is 190 g/mol. The Kier molecular flexibility index (Phi) is 2.45. The third-order valence-electron chi connectivity index (χ3n) is 1.58. The minimum absolute atomic E-state index is 0.132. The van der Waals surface area contributed by atoms with Gasteiger partial charge in [-0.15, -0.1) is 0 Å². The molecule has 72 valence electrons. The number of rotatable bonds is 1. The molecule has 0 saturated carbocycles. The van der Waals surface area contributed by atoms with E-state index in [1.165, 1.54) is 13.1 Å². The van der Waals surface area contributed by atoms with Crippen LogP contribution in [-0.2, 0) is 6.18 Å². The van der Waals surface area contributed by atoms with Gasteiger partial charge < -0.3 is 5.32 Å². The number of anilines is 1. The SMILES string of the molecule is CNc1nc(C)ccc1C(F)(F)F. The van der Waals surface area contributed by atoms with E-state index in [1.54, 1.807) is 6.92 Å². The monoisotopic (exact) mass is 190 g/mol. The maximum Gasteiger partial charge on any atom is 0.419 e. The molecule has 0 saturated heterocycles.